The lowest BCUT2D eigenvalue weighted by molar-refractivity contribution is -0.148. The van der Waals surface area contributed by atoms with Crippen LogP contribution in [0.25, 0.3) is 0 Å². The minimum atomic E-state index is -0.973. The molecule has 0 spiro atoms. The molecular weight excluding hydrogens is 558 g/mol. The summed E-state index contributed by atoms with van der Waals surface area (Å²) in [6, 6.07) is 21.5. The van der Waals surface area contributed by atoms with E-state index >= 15 is 0 Å². The zero-order chi connectivity index (χ0) is 31.6. The summed E-state index contributed by atoms with van der Waals surface area (Å²) >= 11 is 0. The molecule has 0 aliphatic carbocycles. The van der Waals surface area contributed by atoms with Gasteiger partial charge < -0.3 is 31.7 Å². The third-order valence-corrected chi connectivity index (χ3v) is 8.05. The van der Waals surface area contributed by atoms with Gasteiger partial charge in [0.05, 0.1) is 6.04 Å². The number of rotatable bonds is 13. The van der Waals surface area contributed by atoms with Crippen molar-refractivity contribution in [1.82, 2.24) is 15.1 Å². The van der Waals surface area contributed by atoms with Gasteiger partial charge in [-0.3, -0.25) is 19.2 Å². The molecular formula is C34H41N5O5. The van der Waals surface area contributed by atoms with Gasteiger partial charge in [0, 0.05) is 25.9 Å². The summed E-state index contributed by atoms with van der Waals surface area (Å²) in [4.78, 5) is 56.9. The van der Waals surface area contributed by atoms with Crippen LogP contribution in [0.2, 0.25) is 0 Å². The molecule has 1 aliphatic rings. The molecule has 0 saturated carbocycles. The minimum absolute atomic E-state index is 0.120. The van der Waals surface area contributed by atoms with Crippen LogP contribution in [0, 0.1) is 0 Å². The molecule has 4 amide bonds. The Bertz CT molecular complexity index is 1420. The van der Waals surface area contributed by atoms with Gasteiger partial charge in [0.25, 0.3) is 0 Å². The highest BCUT2D eigenvalue weighted by atomic mass is 16.3. The second-order valence-corrected chi connectivity index (χ2v) is 11.1. The van der Waals surface area contributed by atoms with Crippen LogP contribution in [0.4, 0.5) is 0 Å². The number of primary amides is 1. The topological polar surface area (TPSA) is 159 Å². The highest BCUT2D eigenvalue weighted by Gasteiger charge is 2.41. The second-order valence-electron chi connectivity index (χ2n) is 11.1. The third kappa shape index (κ3) is 8.23. The molecule has 44 heavy (non-hydrogen) atoms. The van der Waals surface area contributed by atoms with E-state index < -0.39 is 36.0 Å². The number of likely N-dealkylation sites (N-methyl/N-ethyl adjacent to an activating group) is 1. The molecule has 10 heteroatoms. The number of nitrogens with one attached hydrogen (secondary N) is 1. The van der Waals surface area contributed by atoms with E-state index in [-0.39, 0.29) is 43.4 Å². The van der Waals surface area contributed by atoms with E-state index in [2.05, 4.69) is 5.32 Å². The van der Waals surface area contributed by atoms with Crippen LogP contribution < -0.4 is 16.8 Å². The van der Waals surface area contributed by atoms with E-state index in [1.54, 1.807) is 19.1 Å². The molecule has 4 atom stereocenters. The first-order valence-electron chi connectivity index (χ1n) is 15.0. The Kier molecular flexibility index (Phi) is 11.1. The number of hydrogen-bond donors (Lipinski definition) is 4. The van der Waals surface area contributed by atoms with Gasteiger partial charge in [-0.25, -0.2) is 0 Å². The predicted octanol–water partition coefficient (Wildman–Crippen LogP) is 1.93. The van der Waals surface area contributed by atoms with E-state index in [0.717, 1.165) is 16.7 Å². The summed E-state index contributed by atoms with van der Waals surface area (Å²) in [6.07, 6.45) is 1.75. The maximum Gasteiger partial charge on any atom is 0.246 e. The van der Waals surface area contributed by atoms with Gasteiger partial charge in [0.2, 0.25) is 23.6 Å². The zero-order valence-electron chi connectivity index (χ0n) is 25.0. The summed E-state index contributed by atoms with van der Waals surface area (Å²) in [7, 11) is 0. The number of carbonyl (C=O) groups is 4. The molecule has 0 aromatic heterocycles. The molecule has 0 unspecified atom stereocenters. The number of nitrogens with zero attached hydrogens (tertiary/aromatic N) is 2. The maximum atomic E-state index is 14.1. The van der Waals surface area contributed by atoms with Gasteiger partial charge in [-0.15, -0.1) is 0 Å². The monoisotopic (exact) mass is 599 g/mol. The molecule has 0 radical (unpaired) electrons. The lowest BCUT2D eigenvalue weighted by Crippen LogP contribution is -2.59. The number of amides is 4. The number of hydrogen-bond acceptors (Lipinski definition) is 6. The van der Waals surface area contributed by atoms with Gasteiger partial charge in [-0.1, -0.05) is 72.8 Å². The van der Waals surface area contributed by atoms with Gasteiger partial charge in [-0.05, 0) is 55.0 Å². The number of benzene rings is 3. The van der Waals surface area contributed by atoms with Gasteiger partial charge >= 0.3 is 0 Å². The average Bonchev–Trinajstić information content (AvgIpc) is 3.52. The number of aromatic hydroxyl groups is 1. The fraction of sp³-hybridized carbons (Fsp3) is 0.353. The summed E-state index contributed by atoms with van der Waals surface area (Å²) in [5.74, 6) is -1.74. The molecule has 232 valence electrons. The van der Waals surface area contributed by atoms with E-state index in [1.807, 2.05) is 60.7 Å². The Morgan fingerprint density at radius 2 is 1.45 bits per heavy atom. The number of likely N-dealkylation sites (tertiary alicyclic amines) is 1. The van der Waals surface area contributed by atoms with Crippen molar-refractivity contribution in [3.63, 3.8) is 0 Å². The van der Waals surface area contributed by atoms with Gasteiger partial charge in [0.1, 0.15) is 23.9 Å². The summed E-state index contributed by atoms with van der Waals surface area (Å²) < 4.78 is 0. The fourth-order valence-corrected chi connectivity index (χ4v) is 5.72. The Hall–Kier alpha value is -4.70. The van der Waals surface area contributed by atoms with Crippen molar-refractivity contribution >= 4 is 23.6 Å². The number of phenols is 1. The molecule has 10 nitrogen and oxygen atoms in total. The minimum Gasteiger partial charge on any atom is -0.508 e. The maximum absolute atomic E-state index is 14.1. The van der Waals surface area contributed by atoms with E-state index in [0.29, 0.717) is 19.4 Å². The van der Waals surface area contributed by atoms with Crippen LogP contribution in [-0.2, 0) is 38.4 Å². The number of phenolic OH excluding ortho intramolecular Hbond substituents is 1. The van der Waals surface area contributed by atoms with Crippen LogP contribution in [0.5, 0.6) is 5.75 Å². The third-order valence-electron chi connectivity index (χ3n) is 8.05. The Balaban J connectivity index is 1.54. The summed E-state index contributed by atoms with van der Waals surface area (Å²) in [5, 5.41) is 12.4. The lowest BCUT2D eigenvalue weighted by atomic mass is 10.00. The predicted molar refractivity (Wildman–Crippen MR) is 167 cm³/mol. The Labute approximate surface area is 258 Å². The first-order chi connectivity index (χ1) is 21.2. The molecule has 1 aliphatic heterocycles. The van der Waals surface area contributed by atoms with Crippen LogP contribution >= 0.6 is 0 Å². The average molecular weight is 600 g/mol. The van der Waals surface area contributed by atoms with Crippen molar-refractivity contribution < 1.29 is 24.3 Å². The fourth-order valence-electron chi connectivity index (χ4n) is 5.72. The molecule has 1 fully saturated rings. The normalized spacial score (nSPS) is 16.5. The molecule has 4 rings (SSSR count). The van der Waals surface area contributed by atoms with Crippen LogP contribution in [0.15, 0.2) is 84.9 Å². The van der Waals surface area contributed by atoms with Gasteiger partial charge in [0.15, 0.2) is 0 Å². The Morgan fingerprint density at radius 1 is 0.886 bits per heavy atom. The van der Waals surface area contributed by atoms with Crippen molar-refractivity contribution in [2.24, 2.45) is 11.5 Å². The van der Waals surface area contributed by atoms with Crippen LogP contribution in [-0.4, -0.2) is 75.8 Å². The molecule has 1 saturated heterocycles. The van der Waals surface area contributed by atoms with Crippen molar-refractivity contribution in [1.29, 1.82) is 0 Å². The first-order valence-corrected chi connectivity index (χ1v) is 15.0. The highest BCUT2D eigenvalue weighted by molar-refractivity contribution is 5.95. The van der Waals surface area contributed by atoms with Crippen LogP contribution in [0.3, 0.4) is 0 Å². The van der Waals surface area contributed by atoms with Crippen molar-refractivity contribution in [2.45, 2.75) is 63.2 Å². The summed E-state index contributed by atoms with van der Waals surface area (Å²) in [5.41, 5.74) is 14.5. The quantitative estimate of drug-likeness (QED) is 0.235. The second kappa shape index (κ2) is 15.2. The molecule has 3 aromatic rings. The smallest absolute Gasteiger partial charge is 0.246 e. The molecule has 0 bridgehead atoms. The Morgan fingerprint density at radius 3 is 2.02 bits per heavy atom. The zero-order valence-corrected chi connectivity index (χ0v) is 25.0. The van der Waals surface area contributed by atoms with E-state index in [1.165, 1.54) is 21.9 Å². The molecule has 3 aromatic carbocycles. The SMILES string of the molecule is CCN(C(=O)[C@@H]1CCCN1C(=O)[C@@H](N)Cc1ccc(O)cc1)[C@@H](Cc1ccccc1)C(=O)N[C@H](Cc1ccccc1)C(N)=O. The van der Waals surface area contributed by atoms with Crippen molar-refractivity contribution in [3.8, 4) is 5.75 Å². The van der Waals surface area contributed by atoms with Crippen molar-refractivity contribution in [2.75, 3.05) is 13.1 Å². The molecule has 1 heterocycles. The van der Waals surface area contributed by atoms with E-state index in [9.17, 15) is 24.3 Å². The highest BCUT2D eigenvalue weighted by Crippen LogP contribution is 2.23. The standard InChI is InChI=1S/C34H41N5O5/c1-2-38(34(44)29-14-9-19-39(29)33(43)27(35)20-25-15-17-26(40)18-16-25)30(22-24-12-7-4-8-13-24)32(42)37-28(31(36)41)21-23-10-5-3-6-11-23/h3-8,10-13,15-18,27-30,40H,2,9,14,19-22,35H2,1H3,(H2,36,41)(H,37,42)/t27-,28+,29-,30-/m0/s1. The van der Waals surface area contributed by atoms with E-state index in [4.69, 9.17) is 11.5 Å². The molecule has 6 N–H and O–H groups in total. The lowest BCUT2D eigenvalue weighted by Gasteiger charge is -2.35. The number of nitrogens with two attached hydrogens (primary N) is 2. The van der Waals surface area contributed by atoms with Gasteiger partial charge in [-0.2, -0.15) is 0 Å². The van der Waals surface area contributed by atoms with Crippen LogP contribution in [0.1, 0.15) is 36.5 Å². The first kappa shape index (κ1) is 32.2. The van der Waals surface area contributed by atoms with Crippen molar-refractivity contribution in [3.05, 3.63) is 102 Å². The number of carbonyl (C=O) groups excluding carboxylic acids is 4. The largest absolute Gasteiger partial charge is 0.508 e. The summed E-state index contributed by atoms with van der Waals surface area (Å²) in [6.45, 7) is 2.38.